The Labute approximate surface area is 158 Å². The normalized spacial score (nSPS) is 12.9. The van der Waals surface area contributed by atoms with Gasteiger partial charge in [-0.2, -0.15) is 0 Å². The lowest BCUT2D eigenvalue weighted by Crippen LogP contribution is -1.97. The minimum atomic E-state index is -0.275. The fraction of sp³-hybridized carbons (Fsp3) is 0.500. The molecule has 0 fully saturated rings. The number of unbranched alkanes of at least 4 members (excludes halogenated alkanes) is 4. The Morgan fingerprint density at radius 2 is 1.46 bits per heavy atom. The molecule has 0 heterocycles. The molecule has 0 atom stereocenters. The van der Waals surface area contributed by atoms with Crippen molar-refractivity contribution >= 4 is 6.29 Å². The largest absolute Gasteiger partial charge is 0.291 e. The molecule has 0 aromatic heterocycles. The highest BCUT2D eigenvalue weighted by molar-refractivity contribution is 5.50. The van der Waals surface area contributed by atoms with Gasteiger partial charge in [0, 0.05) is 6.42 Å². The van der Waals surface area contributed by atoms with E-state index in [4.69, 9.17) is 0 Å². The predicted octanol–water partition coefficient (Wildman–Crippen LogP) is 6.40. The van der Waals surface area contributed by atoms with Crippen LogP contribution in [0.4, 0.5) is 0 Å². The molecule has 0 saturated carbocycles. The molecule has 4 heteroatoms. The van der Waals surface area contributed by atoms with Crippen LogP contribution in [0, 0.1) is 10.1 Å². The monoisotopic (exact) mass is 358 g/mol. The van der Waals surface area contributed by atoms with E-state index in [-0.39, 0.29) is 4.92 Å². The lowest BCUT2D eigenvalue weighted by atomic mass is 10.1. The van der Waals surface area contributed by atoms with Gasteiger partial charge in [0.05, 0.1) is 11.3 Å². The second kappa shape index (κ2) is 19.1. The number of allylic oxidation sites excluding steroid dienone is 9. The summed E-state index contributed by atoms with van der Waals surface area (Å²) in [5, 5.41) is 11.0. The van der Waals surface area contributed by atoms with Gasteiger partial charge in [0.25, 0.3) is 0 Å². The number of nitrogens with zero attached hydrogens (tertiary/aromatic N) is 1. The summed E-state index contributed by atoms with van der Waals surface area (Å²) in [6.45, 7) is 2.12. The summed E-state index contributed by atoms with van der Waals surface area (Å²) in [5.41, 5.74) is 0.295. The zero-order chi connectivity index (χ0) is 19.3. The van der Waals surface area contributed by atoms with Gasteiger partial charge in [-0.25, -0.2) is 0 Å². The van der Waals surface area contributed by atoms with E-state index in [0.717, 1.165) is 51.4 Å². The van der Waals surface area contributed by atoms with E-state index >= 15 is 0 Å². The van der Waals surface area contributed by atoms with Crippen molar-refractivity contribution in [2.45, 2.75) is 71.1 Å². The van der Waals surface area contributed by atoms with E-state index in [2.05, 4.69) is 31.2 Å². The van der Waals surface area contributed by atoms with E-state index in [1.165, 1.54) is 0 Å². The van der Waals surface area contributed by atoms with Crippen LogP contribution < -0.4 is 0 Å². The van der Waals surface area contributed by atoms with Crippen molar-refractivity contribution < 1.29 is 9.72 Å². The van der Waals surface area contributed by atoms with Gasteiger partial charge in [-0.1, -0.05) is 68.4 Å². The third kappa shape index (κ3) is 16.6. The summed E-state index contributed by atoms with van der Waals surface area (Å²) in [6.07, 6.45) is 28.0. The Morgan fingerprint density at radius 3 is 2.00 bits per heavy atom. The Kier molecular flexibility index (Phi) is 17.5. The minimum absolute atomic E-state index is 0.275. The van der Waals surface area contributed by atoms with E-state index in [0.29, 0.717) is 18.5 Å². The first-order valence-corrected chi connectivity index (χ1v) is 9.50. The molecule has 0 rings (SSSR count). The molecule has 0 aliphatic rings. The van der Waals surface area contributed by atoms with Crippen LogP contribution in [0.25, 0.3) is 0 Å². The van der Waals surface area contributed by atoms with Gasteiger partial charge in [-0.05, 0) is 44.6 Å². The zero-order valence-corrected chi connectivity index (χ0v) is 15.9. The first-order chi connectivity index (χ1) is 12.7. The van der Waals surface area contributed by atoms with Crippen molar-refractivity contribution in [3.8, 4) is 0 Å². The molecule has 1 radical (unpaired) electrons. The molecular weight excluding hydrogens is 326 g/mol. The van der Waals surface area contributed by atoms with Gasteiger partial charge < -0.3 is 0 Å². The van der Waals surface area contributed by atoms with Gasteiger partial charge in [0.2, 0.25) is 5.70 Å². The highest BCUT2D eigenvalue weighted by atomic mass is 16.6. The smallest absolute Gasteiger partial charge is 0.246 e. The second-order valence-corrected chi connectivity index (χ2v) is 5.93. The van der Waals surface area contributed by atoms with Crippen molar-refractivity contribution in [1.82, 2.24) is 0 Å². The fourth-order valence-corrected chi connectivity index (χ4v) is 2.17. The fourth-order valence-electron chi connectivity index (χ4n) is 2.17. The van der Waals surface area contributed by atoms with Gasteiger partial charge >= 0.3 is 0 Å². The molecule has 0 aliphatic heterocycles. The van der Waals surface area contributed by atoms with Gasteiger partial charge in [0.15, 0.2) is 6.29 Å². The average molecular weight is 359 g/mol. The third-order valence-electron chi connectivity index (χ3n) is 3.65. The van der Waals surface area contributed by atoms with Crippen molar-refractivity contribution in [2.24, 2.45) is 0 Å². The van der Waals surface area contributed by atoms with E-state index in [1.54, 1.807) is 6.08 Å². The maximum absolute atomic E-state index is 11.0. The molecule has 0 aliphatic carbocycles. The molecule has 0 saturated heterocycles. The Bertz CT molecular complexity index is 513. The molecule has 0 aromatic rings. The molecular formula is C22H32NO3. The molecule has 0 unspecified atom stereocenters. The number of carbonyl (C=O) groups excluding carboxylic acids is 1. The van der Waals surface area contributed by atoms with Crippen molar-refractivity contribution in [2.75, 3.05) is 0 Å². The van der Waals surface area contributed by atoms with Crippen LogP contribution in [-0.4, -0.2) is 11.2 Å². The summed E-state index contributed by atoms with van der Waals surface area (Å²) in [5.74, 6) is 0. The van der Waals surface area contributed by atoms with Crippen molar-refractivity contribution in [3.05, 3.63) is 70.5 Å². The summed E-state index contributed by atoms with van der Waals surface area (Å²) >= 11 is 0. The highest BCUT2D eigenvalue weighted by Crippen LogP contribution is 2.09. The molecule has 0 amide bonds. The third-order valence-corrected chi connectivity index (χ3v) is 3.65. The van der Waals surface area contributed by atoms with E-state index < -0.39 is 0 Å². The molecule has 26 heavy (non-hydrogen) atoms. The predicted molar refractivity (Wildman–Crippen MR) is 109 cm³/mol. The lowest BCUT2D eigenvalue weighted by Gasteiger charge is -1.95. The summed E-state index contributed by atoms with van der Waals surface area (Å²) in [7, 11) is 0. The quantitative estimate of drug-likeness (QED) is 0.139. The number of rotatable bonds is 16. The number of nitro groups is 1. The number of hydrogen-bond donors (Lipinski definition) is 0. The molecule has 0 N–H and O–H groups in total. The Morgan fingerprint density at radius 1 is 0.885 bits per heavy atom. The van der Waals surface area contributed by atoms with Crippen LogP contribution in [0.2, 0.25) is 0 Å². The first kappa shape index (κ1) is 23.8. The maximum atomic E-state index is 11.0. The SMILES string of the molecule is CCCCC/C=C(/C/C=C/C/C=C/C/C=C/C/C=C/CC[C]=O)[N+](=O)[O-]. The molecule has 143 valence electrons. The van der Waals surface area contributed by atoms with Crippen LogP contribution in [0.15, 0.2) is 60.4 Å². The van der Waals surface area contributed by atoms with Crippen LogP contribution in [0.5, 0.6) is 0 Å². The van der Waals surface area contributed by atoms with Crippen LogP contribution in [-0.2, 0) is 4.79 Å². The first-order valence-electron chi connectivity index (χ1n) is 9.50. The highest BCUT2D eigenvalue weighted by Gasteiger charge is 2.06. The van der Waals surface area contributed by atoms with E-state index in [1.807, 2.05) is 30.6 Å². The maximum Gasteiger partial charge on any atom is 0.246 e. The van der Waals surface area contributed by atoms with Crippen molar-refractivity contribution in [1.29, 1.82) is 0 Å². The molecule has 0 aromatic carbocycles. The van der Waals surface area contributed by atoms with Gasteiger partial charge in [-0.15, -0.1) is 0 Å². The standard InChI is InChI=1S/C22H32NO3/c1-2-3-4-16-19-22(23(25)26)20-17-14-12-10-8-6-5-7-9-11-13-15-18-21-24/h5,7-8,10-11,13-14,17,19H,2-4,6,9,12,15-16,18,20H2,1H3/b7-5+,10-8+,13-11+,17-14+,22-19-. The van der Waals surface area contributed by atoms with Crippen molar-refractivity contribution in [3.63, 3.8) is 0 Å². The topological polar surface area (TPSA) is 60.2 Å². The second-order valence-electron chi connectivity index (χ2n) is 5.93. The van der Waals surface area contributed by atoms with Gasteiger partial charge in [-0.3, -0.25) is 14.9 Å². The molecule has 0 spiro atoms. The Balaban J connectivity index is 3.88. The van der Waals surface area contributed by atoms with Crippen LogP contribution >= 0.6 is 0 Å². The van der Waals surface area contributed by atoms with Crippen LogP contribution in [0.1, 0.15) is 71.1 Å². The molecule has 4 nitrogen and oxygen atoms in total. The number of hydrogen-bond acceptors (Lipinski definition) is 3. The Hall–Kier alpha value is -2.23. The minimum Gasteiger partial charge on any atom is -0.291 e. The van der Waals surface area contributed by atoms with E-state index in [9.17, 15) is 14.9 Å². The van der Waals surface area contributed by atoms with Gasteiger partial charge in [0.1, 0.15) is 0 Å². The lowest BCUT2D eigenvalue weighted by molar-refractivity contribution is -0.427. The average Bonchev–Trinajstić information content (AvgIpc) is 2.63. The summed E-state index contributed by atoms with van der Waals surface area (Å²) in [4.78, 5) is 20.7. The van der Waals surface area contributed by atoms with Crippen LogP contribution in [0.3, 0.4) is 0 Å². The summed E-state index contributed by atoms with van der Waals surface area (Å²) in [6, 6.07) is 0. The summed E-state index contributed by atoms with van der Waals surface area (Å²) < 4.78 is 0. The zero-order valence-electron chi connectivity index (χ0n) is 15.9. The molecule has 0 bridgehead atoms.